The molecule has 0 fully saturated rings. The standard InChI is InChI=1S/C20H32N2O3/c1-6-8-9-15(7-2)14-24-19(23)25-22-18(21)16-10-12-17(13-11-16)20(3,4)5/h10-13,15H,6-9,14H2,1-5H3,(H2,21,22). The molecule has 1 aromatic carbocycles. The van der Waals surface area contributed by atoms with E-state index in [-0.39, 0.29) is 11.3 Å². The molecule has 0 radical (unpaired) electrons. The molecule has 0 spiro atoms. The summed E-state index contributed by atoms with van der Waals surface area (Å²) in [6.45, 7) is 11.0. The van der Waals surface area contributed by atoms with Crippen molar-refractivity contribution in [1.82, 2.24) is 0 Å². The van der Waals surface area contributed by atoms with E-state index < -0.39 is 6.16 Å². The summed E-state index contributed by atoms with van der Waals surface area (Å²) in [5, 5.41) is 3.67. The van der Waals surface area contributed by atoms with Gasteiger partial charge in [-0.05, 0) is 23.3 Å². The molecule has 0 saturated carbocycles. The minimum absolute atomic E-state index is 0.0678. The van der Waals surface area contributed by atoms with E-state index in [1.807, 2.05) is 24.3 Å². The Morgan fingerprint density at radius 1 is 1.20 bits per heavy atom. The summed E-state index contributed by atoms with van der Waals surface area (Å²) in [4.78, 5) is 16.4. The third kappa shape index (κ3) is 7.59. The fraction of sp³-hybridized carbons (Fsp3) is 0.600. The molecule has 0 aliphatic carbocycles. The zero-order valence-electron chi connectivity index (χ0n) is 16.2. The molecule has 5 heteroatoms. The van der Waals surface area contributed by atoms with Gasteiger partial charge in [-0.3, -0.25) is 4.84 Å². The quantitative estimate of drug-likeness (QED) is 0.236. The summed E-state index contributed by atoms with van der Waals surface area (Å²) in [6.07, 6.45) is 3.47. The Kier molecular flexibility index (Phi) is 8.46. The molecule has 0 bridgehead atoms. The molecule has 1 rings (SSSR count). The van der Waals surface area contributed by atoms with Gasteiger partial charge in [0, 0.05) is 5.56 Å². The molecular formula is C20H32N2O3. The Balaban J connectivity index is 2.52. The number of carbonyl (C=O) groups is 1. The van der Waals surface area contributed by atoms with E-state index in [0.717, 1.165) is 25.7 Å². The molecule has 0 aliphatic rings. The molecule has 0 heterocycles. The molecule has 25 heavy (non-hydrogen) atoms. The molecule has 0 saturated heterocycles. The number of rotatable bonds is 8. The number of unbranched alkanes of at least 4 members (excludes halogenated alkanes) is 1. The van der Waals surface area contributed by atoms with Crippen LogP contribution < -0.4 is 5.73 Å². The van der Waals surface area contributed by atoms with Gasteiger partial charge in [0.1, 0.15) is 0 Å². The van der Waals surface area contributed by atoms with Crippen LogP contribution in [0.3, 0.4) is 0 Å². The number of amidine groups is 1. The lowest BCUT2D eigenvalue weighted by atomic mass is 9.87. The smallest absolute Gasteiger partial charge is 0.432 e. The van der Waals surface area contributed by atoms with Crippen LogP contribution in [0.5, 0.6) is 0 Å². The van der Waals surface area contributed by atoms with Crippen molar-refractivity contribution in [3.8, 4) is 0 Å². The normalized spacial score (nSPS) is 13.4. The fourth-order valence-corrected chi connectivity index (χ4v) is 2.39. The van der Waals surface area contributed by atoms with E-state index in [1.54, 1.807) is 0 Å². The average molecular weight is 348 g/mol. The van der Waals surface area contributed by atoms with Crippen molar-refractivity contribution in [1.29, 1.82) is 0 Å². The van der Waals surface area contributed by atoms with Gasteiger partial charge in [-0.2, -0.15) is 0 Å². The second-order valence-electron chi connectivity index (χ2n) is 7.37. The maximum atomic E-state index is 11.7. The Bertz CT molecular complexity index is 559. The molecule has 1 aromatic rings. The number of nitrogens with zero attached hydrogens (tertiary/aromatic N) is 1. The van der Waals surface area contributed by atoms with Gasteiger partial charge in [0.15, 0.2) is 5.84 Å². The number of hydrogen-bond donors (Lipinski definition) is 1. The lowest BCUT2D eigenvalue weighted by Crippen LogP contribution is -2.18. The lowest BCUT2D eigenvalue weighted by molar-refractivity contribution is 0.0443. The van der Waals surface area contributed by atoms with Crippen molar-refractivity contribution in [2.24, 2.45) is 16.8 Å². The first-order valence-corrected chi connectivity index (χ1v) is 9.06. The van der Waals surface area contributed by atoms with Crippen molar-refractivity contribution in [2.45, 2.75) is 65.7 Å². The average Bonchev–Trinajstić information content (AvgIpc) is 2.59. The van der Waals surface area contributed by atoms with Crippen LogP contribution >= 0.6 is 0 Å². The van der Waals surface area contributed by atoms with Crippen LogP contribution in [0.25, 0.3) is 0 Å². The summed E-state index contributed by atoms with van der Waals surface area (Å²) < 4.78 is 5.12. The number of carbonyl (C=O) groups excluding carboxylic acids is 1. The Labute approximate surface area is 151 Å². The van der Waals surface area contributed by atoms with Crippen molar-refractivity contribution in [3.05, 3.63) is 35.4 Å². The van der Waals surface area contributed by atoms with E-state index >= 15 is 0 Å². The van der Waals surface area contributed by atoms with Crippen molar-refractivity contribution in [2.75, 3.05) is 6.61 Å². The largest absolute Gasteiger partial charge is 0.535 e. The van der Waals surface area contributed by atoms with Gasteiger partial charge < -0.3 is 10.5 Å². The molecule has 1 atom stereocenters. The van der Waals surface area contributed by atoms with Gasteiger partial charge in [-0.1, -0.05) is 83.3 Å². The second-order valence-corrected chi connectivity index (χ2v) is 7.37. The molecule has 2 N–H and O–H groups in total. The zero-order chi connectivity index (χ0) is 18.9. The molecule has 0 aromatic heterocycles. The summed E-state index contributed by atoms with van der Waals surface area (Å²) >= 11 is 0. The third-order valence-electron chi connectivity index (χ3n) is 4.25. The predicted octanol–water partition coefficient (Wildman–Crippen LogP) is 4.97. The van der Waals surface area contributed by atoms with Crippen LogP contribution in [0.15, 0.2) is 29.4 Å². The van der Waals surface area contributed by atoms with Gasteiger partial charge in [0.05, 0.1) is 6.61 Å². The van der Waals surface area contributed by atoms with Crippen LogP contribution in [0.4, 0.5) is 4.79 Å². The van der Waals surface area contributed by atoms with Gasteiger partial charge >= 0.3 is 6.16 Å². The minimum atomic E-state index is -0.816. The summed E-state index contributed by atoms with van der Waals surface area (Å²) in [6, 6.07) is 7.73. The third-order valence-corrected chi connectivity index (χ3v) is 4.25. The first kappa shape index (κ1) is 21.0. The maximum Gasteiger partial charge on any atom is 0.535 e. The topological polar surface area (TPSA) is 73.9 Å². The number of hydrogen-bond acceptors (Lipinski definition) is 4. The molecule has 1 unspecified atom stereocenters. The van der Waals surface area contributed by atoms with Crippen LogP contribution in [0.1, 0.15) is 71.4 Å². The van der Waals surface area contributed by atoms with E-state index in [4.69, 9.17) is 15.3 Å². The maximum absolute atomic E-state index is 11.7. The summed E-state index contributed by atoms with van der Waals surface area (Å²) in [7, 11) is 0. The van der Waals surface area contributed by atoms with Crippen molar-refractivity contribution >= 4 is 12.0 Å². The molecule has 5 nitrogen and oxygen atoms in total. The Morgan fingerprint density at radius 3 is 2.36 bits per heavy atom. The van der Waals surface area contributed by atoms with Crippen LogP contribution in [0, 0.1) is 5.92 Å². The van der Waals surface area contributed by atoms with Crippen molar-refractivity contribution < 1.29 is 14.4 Å². The van der Waals surface area contributed by atoms with E-state index in [9.17, 15) is 4.79 Å². The highest BCUT2D eigenvalue weighted by Crippen LogP contribution is 2.22. The summed E-state index contributed by atoms with van der Waals surface area (Å²) in [5.41, 5.74) is 7.84. The van der Waals surface area contributed by atoms with Crippen molar-refractivity contribution in [3.63, 3.8) is 0 Å². The number of ether oxygens (including phenoxy) is 1. The predicted molar refractivity (Wildman–Crippen MR) is 102 cm³/mol. The zero-order valence-corrected chi connectivity index (χ0v) is 16.2. The summed E-state index contributed by atoms with van der Waals surface area (Å²) in [5.74, 6) is 0.509. The lowest BCUT2D eigenvalue weighted by Gasteiger charge is -2.18. The van der Waals surface area contributed by atoms with Crippen LogP contribution in [-0.2, 0) is 15.0 Å². The highest BCUT2D eigenvalue weighted by Gasteiger charge is 2.14. The minimum Gasteiger partial charge on any atom is -0.432 e. The number of nitrogens with two attached hydrogens (primary N) is 1. The highest BCUT2D eigenvalue weighted by molar-refractivity contribution is 5.97. The molecule has 140 valence electrons. The Hall–Kier alpha value is -2.04. The highest BCUT2D eigenvalue weighted by atomic mass is 16.8. The van der Waals surface area contributed by atoms with Gasteiger partial charge in [-0.15, -0.1) is 0 Å². The van der Waals surface area contributed by atoms with Gasteiger partial charge in [0.2, 0.25) is 0 Å². The van der Waals surface area contributed by atoms with E-state index in [1.165, 1.54) is 5.56 Å². The Morgan fingerprint density at radius 2 is 1.84 bits per heavy atom. The first-order valence-electron chi connectivity index (χ1n) is 9.06. The second kappa shape index (κ2) is 10.1. The fourth-order valence-electron chi connectivity index (χ4n) is 2.39. The molecular weight excluding hydrogens is 316 g/mol. The molecule has 0 amide bonds. The first-order chi connectivity index (χ1) is 11.8. The van der Waals surface area contributed by atoms with Gasteiger partial charge in [-0.25, -0.2) is 4.79 Å². The van der Waals surface area contributed by atoms with Crippen LogP contribution in [0.2, 0.25) is 0 Å². The van der Waals surface area contributed by atoms with Crippen LogP contribution in [-0.4, -0.2) is 18.6 Å². The van der Waals surface area contributed by atoms with Gasteiger partial charge in [0.25, 0.3) is 0 Å². The van der Waals surface area contributed by atoms with E-state index in [2.05, 4.69) is 39.8 Å². The molecule has 0 aliphatic heterocycles. The number of oxime groups is 1. The van der Waals surface area contributed by atoms with E-state index in [0.29, 0.717) is 18.1 Å². The SMILES string of the molecule is CCCCC(CC)COC(=O)O/N=C(\N)c1ccc(C(C)(C)C)cc1. The number of benzene rings is 1. The monoisotopic (exact) mass is 348 g/mol.